The van der Waals surface area contributed by atoms with Gasteiger partial charge < -0.3 is 9.64 Å². The summed E-state index contributed by atoms with van der Waals surface area (Å²) in [6, 6.07) is 2.42. The standard InChI is InChI=1S/C21H24FN3O5/c1-30-20(28)17-10-12-5-6-13(22)11-16(12)25(17)21(29)24-9-3-2-4-15(24)14-7-8-18(26)23-19(14)27/h5-6,11,14-15,17H,2-4,7-10H2,1H3,(H,23,26,27). The number of urea groups is 1. The van der Waals surface area contributed by atoms with Crippen LogP contribution in [0, 0.1) is 11.7 Å². The molecule has 30 heavy (non-hydrogen) atoms. The number of nitrogens with one attached hydrogen (secondary N) is 1. The highest BCUT2D eigenvalue weighted by Crippen LogP contribution is 2.37. The van der Waals surface area contributed by atoms with E-state index in [1.54, 1.807) is 11.0 Å². The van der Waals surface area contributed by atoms with Gasteiger partial charge >= 0.3 is 12.0 Å². The molecule has 0 spiro atoms. The van der Waals surface area contributed by atoms with Gasteiger partial charge in [-0.25, -0.2) is 14.0 Å². The lowest BCUT2D eigenvalue weighted by Gasteiger charge is -2.43. The lowest BCUT2D eigenvalue weighted by atomic mass is 9.84. The maximum absolute atomic E-state index is 14.0. The number of piperidine rings is 2. The zero-order valence-electron chi connectivity index (χ0n) is 16.7. The second kappa shape index (κ2) is 8.04. The Kier molecular flexibility index (Phi) is 5.44. The summed E-state index contributed by atoms with van der Waals surface area (Å²) in [4.78, 5) is 53.0. The SMILES string of the molecule is COC(=O)C1Cc2ccc(F)cc2N1C(=O)N1CCCCC1C1CCC(=O)NC1=O. The van der Waals surface area contributed by atoms with Crippen molar-refractivity contribution in [1.29, 1.82) is 0 Å². The van der Waals surface area contributed by atoms with Gasteiger partial charge in [0, 0.05) is 25.4 Å². The van der Waals surface area contributed by atoms with E-state index in [1.165, 1.54) is 24.1 Å². The first kappa shape index (κ1) is 20.3. The van der Waals surface area contributed by atoms with Gasteiger partial charge in [0.15, 0.2) is 0 Å². The fourth-order valence-corrected chi connectivity index (χ4v) is 4.79. The molecule has 0 radical (unpaired) electrons. The highest BCUT2D eigenvalue weighted by atomic mass is 19.1. The number of likely N-dealkylation sites (tertiary alicyclic amines) is 1. The van der Waals surface area contributed by atoms with E-state index < -0.39 is 29.8 Å². The van der Waals surface area contributed by atoms with Crippen LogP contribution in [-0.4, -0.2) is 54.5 Å². The summed E-state index contributed by atoms with van der Waals surface area (Å²) >= 11 is 0. The summed E-state index contributed by atoms with van der Waals surface area (Å²) in [5.41, 5.74) is 1.04. The molecule has 0 saturated carbocycles. The smallest absolute Gasteiger partial charge is 0.329 e. The van der Waals surface area contributed by atoms with Gasteiger partial charge in [-0.2, -0.15) is 0 Å². The van der Waals surface area contributed by atoms with E-state index in [1.807, 2.05) is 0 Å². The topological polar surface area (TPSA) is 96.0 Å². The largest absolute Gasteiger partial charge is 0.467 e. The Balaban J connectivity index is 1.66. The van der Waals surface area contributed by atoms with E-state index in [2.05, 4.69) is 5.32 Å². The van der Waals surface area contributed by atoms with Crippen molar-refractivity contribution in [3.63, 3.8) is 0 Å². The Bertz CT molecular complexity index is 905. The molecule has 0 aliphatic carbocycles. The molecule has 8 nitrogen and oxygen atoms in total. The number of imide groups is 1. The number of fused-ring (bicyclic) bond motifs is 1. The molecule has 2 saturated heterocycles. The number of hydrogen-bond acceptors (Lipinski definition) is 5. The zero-order chi connectivity index (χ0) is 21.4. The van der Waals surface area contributed by atoms with E-state index >= 15 is 0 Å². The van der Waals surface area contributed by atoms with Gasteiger partial charge in [0.2, 0.25) is 11.8 Å². The number of halogens is 1. The average Bonchev–Trinajstić information content (AvgIpc) is 3.11. The molecule has 1 aromatic carbocycles. The maximum atomic E-state index is 14.0. The highest BCUT2D eigenvalue weighted by Gasteiger charge is 2.45. The van der Waals surface area contributed by atoms with E-state index in [0.717, 1.165) is 12.8 Å². The number of amides is 4. The molecule has 160 valence electrons. The predicted molar refractivity (Wildman–Crippen MR) is 104 cm³/mol. The first-order valence-electron chi connectivity index (χ1n) is 10.2. The first-order valence-corrected chi connectivity index (χ1v) is 10.2. The molecule has 0 aromatic heterocycles. The third kappa shape index (κ3) is 3.53. The number of esters is 1. The Morgan fingerprint density at radius 2 is 2.00 bits per heavy atom. The minimum atomic E-state index is -0.886. The van der Waals surface area contributed by atoms with Crippen LogP contribution in [0.5, 0.6) is 0 Å². The summed E-state index contributed by atoms with van der Waals surface area (Å²) in [5, 5.41) is 2.36. The van der Waals surface area contributed by atoms with Gasteiger partial charge in [0.1, 0.15) is 11.9 Å². The van der Waals surface area contributed by atoms with Gasteiger partial charge in [0.05, 0.1) is 18.7 Å². The predicted octanol–water partition coefficient (Wildman–Crippen LogP) is 1.76. The van der Waals surface area contributed by atoms with Gasteiger partial charge in [-0.15, -0.1) is 0 Å². The van der Waals surface area contributed by atoms with Gasteiger partial charge in [-0.05, 0) is 43.4 Å². The fourth-order valence-electron chi connectivity index (χ4n) is 4.79. The minimum absolute atomic E-state index is 0.234. The molecule has 2 fully saturated rings. The van der Waals surface area contributed by atoms with Crippen LogP contribution in [0.4, 0.5) is 14.9 Å². The van der Waals surface area contributed by atoms with E-state index in [9.17, 15) is 23.6 Å². The lowest BCUT2D eigenvalue weighted by Crippen LogP contribution is -2.59. The molecular formula is C21H24FN3O5. The molecule has 0 bridgehead atoms. The van der Waals surface area contributed by atoms with Crippen LogP contribution < -0.4 is 10.2 Å². The summed E-state index contributed by atoms with van der Waals surface area (Å²) in [5.74, 6) is -2.24. The van der Waals surface area contributed by atoms with Gasteiger partial charge in [-0.1, -0.05) is 6.07 Å². The molecule has 4 amide bonds. The van der Waals surface area contributed by atoms with Gasteiger partial charge in [0.25, 0.3) is 0 Å². The summed E-state index contributed by atoms with van der Waals surface area (Å²) in [7, 11) is 1.25. The van der Waals surface area contributed by atoms with E-state index in [-0.39, 0.29) is 30.7 Å². The fraction of sp³-hybridized carbons (Fsp3) is 0.524. The Labute approximate surface area is 173 Å². The Morgan fingerprint density at radius 1 is 1.20 bits per heavy atom. The van der Waals surface area contributed by atoms with Crippen molar-refractivity contribution in [1.82, 2.24) is 10.2 Å². The number of methoxy groups -OCH3 is 1. The van der Waals surface area contributed by atoms with Crippen LogP contribution in [0.1, 0.15) is 37.7 Å². The summed E-state index contributed by atoms with van der Waals surface area (Å²) in [6.07, 6.45) is 3.11. The molecule has 9 heteroatoms. The molecule has 1 N–H and O–H groups in total. The molecule has 3 unspecified atom stereocenters. The van der Waals surface area contributed by atoms with Crippen LogP contribution in [0.2, 0.25) is 0 Å². The monoisotopic (exact) mass is 417 g/mol. The van der Waals surface area contributed by atoms with Crippen molar-refractivity contribution < 1.29 is 28.3 Å². The Morgan fingerprint density at radius 3 is 2.73 bits per heavy atom. The molecule has 4 rings (SSSR count). The number of anilines is 1. The van der Waals surface area contributed by atoms with Crippen molar-refractivity contribution >= 4 is 29.5 Å². The second-order valence-electron chi connectivity index (χ2n) is 7.98. The molecule has 1 aromatic rings. The van der Waals surface area contributed by atoms with Crippen molar-refractivity contribution in [3.8, 4) is 0 Å². The second-order valence-corrected chi connectivity index (χ2v) is 7.98. The van der Waals surface area contributed by atoms with Crippen LogP contribution >= 0.6 is 0 Å². The molecular weight excluding hydrogens is 393 g/mol. The molecule has 3 aliphatic heterocycles. The maximum Gasteiger partial charge on any atom is 0.329 e. The molecule has 3 atom stereocenters. The van der Waals surface area contributed by atoms with Crippen LogP contribution in [0.3, 0.4) is 0 Å². The number of carbonyl (C=O) groups is 4. The zero-order valence-corrected chi connectivity index (χ0v) is 16.7. The van der Waals surface area contributed by atoms with E-state index in [4.69, 9.17) is 4.74 Å². The van der Waals surface area contributed by atoms with E-state index in [0.29, 0.717) is 30.6 Å². The quantitative estimate of drug-likeness (QED) is 0.584. The lowest BCUT2D eigenvalue weighted by molar-refractivity contribution is -0.142. The summed E-state index contributed by atoms with van der Waals surface area (Å²) in [6.45, 7) is 0.427. The van der Waals surface area contributed by atoms with Crippen molar-refractivity contribution in [2.75, 3.05) is 18.6 Å². The average molecular weight is 417 g/mol. The highest BCUT2D eigenvalue weighted by molar-refractivity contribution is 6.02. The Hall–Kier alpha value is -2.97. The van der Waals surface area contributed by atoms with Gasteiger partial charge in [-0.3, -0.25) is 19.8 Å². The first-order chi connectivity index (χ1) is 14.4. The number of nitrogens with zero attached hydrogens (tertiary/aromatic N) is 2. The normalized spacial score (nSPS) is 26.3. The van der Waals surface area contributed by atoms with Crippen molar-refractivity contribution in [2.45, 2.75) is 50.6 Å². The van der Waals surface area contributed by atoms with Crippen LogP contribution in [-0.2, 0) is 25.5 Å². The molecule has 3 aliphatic rings. The minimum Gasteiger partial charge on any atom is -0.467 e. The molecule has 3 heterocycles. The number of hydrogen-bond donors (Lipinski definition) is 1. The van der Waals surface area contributed by atoms with Crippen LogP contribution in [0.25, 0.3) is 0 Å². The number of ether oxygens (including phenoxy) is 1. The number of carbonyl (C=O) groups excluding carboxylic acids is 4. The van der Waals surface area contributed by atoms with Crippen molar-refractivity contribution in [2.24, 2.45) is 5.92 Å². The third-order valence-electron chi connectivity index (χ3n) is 6.25. The third-order valence-corrected chi connectivity index (χ3v) is 6.25. The van der Waals surface area contributed by atoms with Crippen molar-refractivity contribution in [3.05, 3.63) is 29.6 Å². The number of rotatable bonds is 2. The van der Waals surface area contributed by atoms with Crippen LogP contribution in [0.15, 0.2) is 18.2 Å². The summed E-state index contributed by atoms with van der Waals surface area (Å²) < 4.78 is 18.8. The number of benzene rings is 1.